The molecule has 1 aliphatic carbocycles. The average molecular weight is 190 g/mol. The molecule has 0 aromatic heterocycles. The van der Waals surface area contributed by atoms with Gasteiger partial charge >= 0.3 is 0 Å². The molecular formula is C9H18O2S. The quantitative estimate of drug-likeness (QED) is 0.652. The summed E-state index contributed by atoms with van der Waals surface area (Å²) in [6.07, 6.45) is 4.59. The Labute approximate surface area is 79.8 Å². The maximum atomic E-state index is 10.2. The summed E-state index contributed by atoms with van der Waals surface area (Å²) in [5.41, 5.74) is 0. The highest BCUT2D eigenvalue weighted by Crippen LogP contribution is 2.11. The summed E-state index contributed by atoms with van der Waals surface area (Å²) >= 11 is 3.90. The van der Waals surface area contributed by atoms with Gasteiger partial charge in [-0.2, -0.15) is 12.6 Å². The molecule has 1 atom stereocenters. The first-order valence-corrected chi connectivity index (χ1v) is 5.10. The fraction of sp³-hybridized carbons (Fsp3) is 0.889. The van der Waals surface area contributed by atoms with E-state index in [-0.39, 0.29) is 6.10 Å². The van der Waals surface area contributed by atoms with Crippen LogP contribution in [0.3, 0.4) is 0 Å². The van der Waals surface area contributed by atoms with E-state index in [1.165, 1.54) is 0 Å². The van der Waals surface area contributed by atoms with Crippen molar-refractivity contribution in [2.24, 2.45) is 0 Å². The smallest absolute Gasteiger partial charge is 0.132 e. The van der Waals surface area contributed by atoms with Crippen LogP contribution in [0.15, 0.2) is 0 Å². The average Bonchev–Trinajstić information content (AvgIpc) is 2.40. The van der Waals surface area contributed by atoms with Gasteiger partial charge in [0, 0.05) is 12.8 Å². The molecule has 0 aromatic rings. The van der Waals surface area contributed by atoms with Gasteiger partial charge in [0.25, 0.3) is 0 Å². The molecular weight excluding hydrogens is 172 g/mol. The highest BCUT2D eigenvalue weighted by molar-refractivity contribution is 7.80. The standard InChI is InChI=1S/C5H8O.C4H10OS/c6-5-3-1-2-4-5;1-4(5)2-3-6/h1-4H2;4-6H,2-3H2,1H3. The van der Waals surface area contributed by atoms with Crippen LogP contribution in [0.4, 0.5) is 0 Å². The van der Waals surface area contributed by atoms with Gasteiger partial charge in [-0.15, -0.1) is 0 Å². The highest BCUT2D eigenvalue weighted by atomic mass is 32.1. The third kappa shape index (κ3) is 8.08. The lowest BCUT2D eigenvalue weighted by Gasteiger charge is -1.95. The number of Topliss-reactive ketones (excluding diaryl/α,β-unsaturated/α-hetero) is 1. The Morgan fingerprint density at radius 3 is 2.08 bits per heavy atom. The van der Waals surface area contributed by atoms with Gasteiger partial charge in [-0.1, -0.05) is 0 Å². The summed E-state index contributed by atoms with van der Waals surface area (Å²) in [5, 5.41) is 8.50. The fourth-order valence-corrected chi connectivity index (χ4v) is 1.33. The second-order valence-electron chi connectivity index (χ2n) is 3.11. The maximum Gasteiger partial charge on any atom is 0.132 e. The third-order valence-corrected chi connectivity index (χ3v) is 1.97. The van der Waals surface area contributed by atoms with Gasteiger partial charge < -0.3 is 5.11 Å². The number of aliphatic hydroxyl groups excluding tert-OH is 1. The van der Waals surface area contributed by atoms with Gasteiger partial charge in [0.2, 0.25) is 0 Å². The van der Waals surface area contributed by atoms with Crippen LogP contribution in [0.25, 0.3) is 0 Å². The van der Waals surface area contributed by atoms with Gasteiger partial charge in [-0.25, -0.2) is 0 Å². The lowest BCUT2D eigenvalue weighted by Crippen LogP contribution is -1.98. The molecule has 2 nitrogen and oxygen atoms in total. The summed E-state index contributed by atoms with van der Waals surface area (Å²) in [4.78, 5) is 10.2. The molecule has 0 aromatic carbocycles. The van der Waals surface area contributed by atoms with Crippen molar-refractivity contribution in [3.63, 3.8) is 0 Å². The normalized spacial score (nSPS) is 18.4. The predicted octanol–water partition coefficient (Wildman–Crippen LogP) is 1.82. The SMILES string of the molecule is CC(O)CCS.O=C1CCCC1. The molecule has 1 N–H and O–H groups in total. The maximum absolute atomic E-state index is 10.2. The molecule has 1 saturated carbocycles. The number of hydrogen-bond donors (Lipinski definition) is 2. The molecule has 72 valence electrons. The lowest BCUT2D eigenvalue weighted by atomic mass is 10.3. The second kappa shape index (κ2) is 7.62. The molecule has 0 heterocycles. The summed E-state index contributed by atoms with van der Waals surface area (Å²) in [6, 6.07) is 0. The van der Waals surface area contributed by atoms with E-state index in [0.29, 0.717) is 5.78 Å². The molecule has 0 spiro atoms. The van der Waals surface area contributed by atoms with Crippen molar-refractivity contribution in [1.29, 1.82) is 0 Å². The Hall–Kier alpha value is -0.0200. The third-order valence-electron chi connectivity index (χ3n) is 1.71. The van der Waals surface area contributed by atoms with Crippen molar-refractivity contribution < 1.29 is 9.90 Å². The van der Waals surface area contributed by atoms with Crippen molar-refractivity contribution in [2.75, 3.05) is 5.75 Å². The van der Waals surface area contributed by atoms with E-state index >= 15 is 0 Å². The summed E-state index contributed by atoms with van der Waals surface area (Å²) in [6.45, 7) is 1.76. The van der Waals surface area contributed by atoms with Crippen LogP contribution in [0.2, 0.25) is 0 Å². The minimum Gasteiger partial charge on any atom is -0.393 e. The molecule has 1 unspecified atom stereocenters. The number of carbonyl (C=O) groups excluding carboxylic acids is 1. The van der Waals surface area contributed by atoms with Gasteiger partial charge in [0.05, 0.1) is 6.10 Å². The van der Waals surface area contributed by atoms with E-state index in [2.05, 4.69) is 12.6 Å². The van der Waals surface area contributed by atoms with Crippen LogP contribution >= 0.6 is 12.6 Å². The van der Waals surface area contributed by atoms with E-state index in [9.17, 15) is 4.79 Å². The first kappa shape index (κ1) is 12.0. The van der Waals surface area contributed by atoms with Crippen LogP contribution in [0.1, 0.15) is 39.0 Å². The Morgan fingerprint density at radius 2 is 2.00 bits per heavy atom. The molecule has 1 rings (SSSR count). The molecule has 12 heavy (non-hydrogen) atoms. The number of aliphatic hydroxyl groups is 1. The second-order valence-corrected chi connectivity index (χ2v) is 3.55. The summed E-state index contributed by atoms with van der Waals surface area (Å²) in [5.74, 6) is 1.23. The van der Waals surface area contributed by atoms with Crippen LogP contribution in [-0.4, -0.2) is 22.7 Å². The summed E-state index contributed by atoms with van der Waals surface area (Å²) < 4.78 is 0. The van der Waals surface area contributed by atoms with E-state index in [0.717, 1.165) is 37.9 Å². The Kier molecular flexibility index (Phi) is 7.61. The van der Waals surface area contributed by atoms with Crippen molar-refractivity contribution in [3.8, 4) is 0 Å². The van der Waals surface area contributed by atoms with Crippen molar-refractivity contribution in [3.05, 3.63) is 0 Å². The lowest BCUT2D eigenvalue weighted by molar-refractivity contribution is -0.117. The Balaban J connectivity index is 0.000000202. The zero-order chi connectivity index (χ0) is 9.40. The predicted molar refractivity (Wildman–Crippen MR) is 53.6 cm³/mol. The first-order valence-electron chi connectivity index (χ1n) is 4.47. The van der Waals surface area contributed by atoms with Gasteiger partial charge in [-0.3, -0.25) is 4.79 Å². The monoisotopic (exact) mass is 190 g/mol. The molecule has 1 aliphatic rings. The van der Waals surface area contributed by atoms with Crippen LogP contribution in [-0.2, 0) is 4.79 Å². The van der Waals surface area contributed by atoms with E-state index < -0.39 is 0 Å². The molecule has 0 amide bonds. The number of hydrogen-bond acceptors (Lipinski definition) is 3. The van der Waals surface area contributed by atoms with Crippen molar-refractivity contribution in [2.45, 2.75) is 45.1 Å². The molecule has 0 aliphatic heterocycles. The molecule has 3 heteroatoms. The van der Waals surface area contributed by atoms with E-state index in [4.69, 9.17) is 5.11 Å². The number of thiol groups is 1. The fourth-order valence-electron chi connectivity index (χ4n) is 0.956. The summed E-state index contributed by atoms with van der Waals surface area (Å²) in [7, 11) is 0. The number of ketones is 1. The van der Waals surface area contributed by atoms with Crippen LogP contribution in [0.5, 0.6) is 0 Å². The topological polar surface area (TPSA) is 37.3 Å². The number of rotatable bonds is 2. The Morgan fingerprint density at radius 1 is 1.50 bits per heavy atom. The zero-order valence-corrected chi connectivity index (χ0v) is 8.52. The highest BCUT2D eigenvalue weighted by Gasteiger charge is 2.07. The van der Waals surface area contributed by atoms with Gasteiger partial charge in [0.15, 0.2) is 0 Å². The van der Waals surface area contributed by atoms with E-state index in [1.807, 2.05) is 0 Å². The first-order chi connectivity index (χ1) is 5.66. The molecule has 0 radical (unpaired) electrons. The molecule has 0 saturated heterocycles. The van der Waals surface area contributed by atoms with Gasteiger partial charge in [-0.05, 0) is 31.9 Å². The number of carbonyl (C=O) groups is 1. The minimum atomic E-state index is -0.178. The molecule has 0 bridgehead atoms. The largest absolute Gasteiger partial charge is 0.393 e. The zero-order valence-electron chi connectivity index (χ0n) is 7.62. The molecule has 1 fully saturated rings. The Bertz CT molecular complexity index is 116. The van der Waals surface area contributed by atoms with E-state index in [1.54, 1.807) is 6.92 Å². The van der Waals surface area contributed by atoms with Crippen molar-refractivity contribution >= 4 is 18.4 Å². The van der Waals surface area contributed by atoms with Gasteiger partial charge in [0.1, 0.15) is 5.78 Å². The minimum absolute atomic E-state index is 0.178. The van der Waals surface area contributed by atoms with Crippen LogP contribution in [0, 0.1) is 0 Å². The van der Waals surface area contributed by atoms with Crippen molar-refractivity contribution in [1.82, 2.24) is 0 Å². The van der Waals surface area contributed by atoms with Crippen LogP contribution < -0.4 is 0 Å².